The SMILES string of the molecule is C=Cc1nc(C#N)c(C#N)n1CCCC. The Bertz CT molecular complexity index is 442. The molecule has 0 aliphatic heterocycles. The van der Waals surface area contributed by atoms with Gasteiger partial charge in [0.2, 0.25) is 0 Å². The van der Waals surface area contributed by atoms with Crippen molar-refractivity contribution in [1.29, 1.82) is 10.5 Å². The summed E-state index contributed by atoms with van der Waals surface area (Å²) >= 11 is 0. The van der Waals surface area contributed by atoms with Crippen LogP contribution in [-0.4, -0.2) is 9.55 Å². The second-order valence-electron chi connectivity index (χ2n) is 3.10. The van der Waals surface area contributed by atoms with Crippen molar-refractivity contribution in [2.45, 2.75) is 26.3 Å². The van der Waals surface area contributed by atoms with E-state index in [0.717, 1.165) is 12.8 Å². The summed E-state index contributed by atoms with van der Waals surface area (Å²) in [6.07, 6.45) is 3.55. The predicted molar refractivity (Wildman–Crippen MR) is 56.7 cm³/mol. The van der Waals surface area contributed by atoms with Gasteiger partial charge in [0.25, 0.3) is 0 Å². The minimum Gasteiger partial charge on any atom is -0.315 e. The van der Waals surface area contributed by atoms with Crippen LogP contribution in [0.5, 0.6) is 0 Å². The molecule has 1 aromatic rings. The molecule has 1 heterocycles. The fraction of sp³-hybridized carbons (Fsp3) is 0.364. The highest BCUT2D eigenvalue weighted by atomic mass is 15.1. The molecular weight excluding hydrogens is 188 g/mol. The molecule has 4 heteroatoms. The zero-order valence-corrected chi connectivity index (χ0v) is 8.69. The van der Waals surface area contributed by atoms with Gasteiger partial charge in [0, 0.05) is 6.54 Å². The highest BCUT2D eigenvalue weighted by Crippen LogP contribution is 2.12. The van der Waals surface area contributed by atoms with Crippen LogP contribution in [0.3, 0.4) is 0 Å². The van der Waals surface area contributed by atoms with Crippen LogP contribution in [0, 0.1) is 22.7 Å². The molecule has 0 aliphatic carbocycles. The van der Waals surface area contributed by atoms with Crippen molar-refractivity contribution in [2.24, 2.45) is 0 Å². The third kappa shape index (κ3) is 2.05. The van der Waals surface area contributed by atoms with Gasteiger partial charge in [-0.15, -0.1) is 0 Å². The molecule has 4 nitrogen and oxygen atoms in total. The van der Waals surface area contributed by atoms with Crippen molar-refractivity contribution < 1.29 is 0 Å². The second-order valence-corrected chi connectivity index (χ2v) is 3.10. The van der Waals surface area contributed by atoms with Crippen LogP contribution in [0.4, 0.5) is 0 Å². The van der Waals surface area contributed by atoms with Gasteiger partial charge in [-0.1, -0.05) is 19.9 Å². The summed E-state index contributed by atoms with van der Waals surface area (Å²) in [5.74, 6) is 0.594. The maximum Gasteiger partial charge on any atom is 0.177 e. The lowest BCUT2D eigenvalue weighted by atomic mass is 10.3. The number of imidazole rings is 1. The summed E-state index contributed by atoms with van der Waals surface area (Å²) in [4.78, 5) is 4.03. The topological polar surface area (TPSA) is 65.4 Å². The van der Waals surface area contributed by atoms with Gasteiger partial charge in [-0.2, -0.15) is 10.5 Å². The lowest BCUT2D eigenvalue weighted by molar-refractivity contribution is 0.622. The Hall–Kier alpha value is -2.07. The number of rotatable bonds is 4. The first-order valence-electron chi connectivity index (χ1n) is 4.81. The van der Waals surface area contributed by atoms with Crippen LogP contribution < -0.4 is 0 Å². The van der Waals surface area contributed by atoms with E-state index in [-0.39, 0.29) is 5.69 Å². The first-order chi connectivity index (χ1) is 7.28. The Morgan fingerprint density at radius 3 is 2.67 bits per heavy atom. The van der Waals surface area contributed by atoms with Crippen molar-refractivity contribution in [1.82, 2.24) is 9.55 Å². The van der Waals surface area contributed by atoms with E-state index in [2.05, 4.69) is 18.5 Å². The molecule has 0 aliphatic rings. The molecule has 0 N–H and O–H groups in total. The largest absolute Gasteiger partial charge is 0.315 e. The van der Waals surface area contributed by atoms with Gasteiger partial charge >= 0.3 is 0 Å². The van der Waals surface area contributed by atoms with Gasteiger partial charge in [-0.25, -0.2) is 4.98 Å². The van der Waals surface area contributed by atoms with Crippen LogP contribution in [-0.2, 0) is 6.54 Å². The molecular formula is C11H12N4. The van der Waals surface area contributed by atoms with Gasteiger partial charge < -0.3 is 4.57 Å². The molecule has 0 fully saturated rings. The van der Waals surface area contributed by atoms with E-state index in [4.69, 9.17) is 10.5 Å². The normalized spacial score (nSPS) is 9.27. The Kier molecular flexibility index (Phi) is 3.65. The lowest BCUT2D eigenvalue weighted by Crippen LogP contribution is -2.03. The molecule has 0 atom stereocenters. The molecule has 15 heavy (non-hydrogen) atoms. The molecule has 0 amide bonds. The molecule has 0 aromatic carbocycles. The Morgan fingerprint density at radius 2 is 2.20 bits per heavy atom. The minimum absolute atomic E-state index is 0.184. The van der Waals surface area contributed by atoms with Crippen molar-refractivity contribution >= 4 is 6.08 Å². The molecule has 0 unspecified atom stereocenters. The number of aromatic nitrogens is 2. The summed E-state index contributed by atoms with van der Waals surface area (Å²) < 4.78 is 1.75. The van der Waals surface area contributed by atoms with Gasteiger partial charge in [-0.3, -0.25) is 0 Å². The van der Waals surface area contributed by atoms with Crippen LogP contribution in [0.1, 0.15) is 37.0 Å². The standard InChI is InChI=1S/C11H12N4/c1-3-5-6-15-10(8-13)9(7-12)14-11(15)4-2/h4H,2-3,5-6H2,1H3. The number of unbranched alkanes of at least 4 members (excludes halogenated alkanes) is 1. The van der Waals surface area contributed by atoms with Gasteiger partial charge in [0.1, 0.15) is 18.0 Å². The van der Waals surface area contributed by atoms with Gasteiger partial charge in [-0.05, 0) is 12.5 Å². The summed E-state index contributed by atoms with van der Waals surface area (Å²) in [5.41, 5.74) is 0.518. The van der Waals surface area contributed by atoms with Crippen molar-refractivity contribution in [2.75, 3.05) is 0 Å². The Labute approximate surface area is 89.1 Å². The minimum atomic E-state index is 0.184. The van der Waals surface area contributed by atoms with E-state index >= 15 is 0 Å². The molecule has 0 spiro atoms. The summed E-state index contributed by atoms with van der Waals surface area (Å²) in [6, 6.07) is 3.92. The molecule has 0 radical (unpaired) electrons. The molecule has 0 saturated heterocycles. The molecule has 0 bridgehead atoms. The first-order valence-corrected chi connectivity index (χ1v) is 4.81. The third-order valence-electron chi connectivity index (χ3n) is 2.13. The van der Waals surface area contributed by atoms with E-state index < -0.39 is 0 Å². The van der Waals surface area contributed by atoms with Crippen LogP contribution in [0.25, 0.3) is 6.08 Å². The summed E-state index contributed by atoms with van der Waals surface area (Å²) in [7, 11) is 0. The van der Waals surface area contributed by atoms with Crippen LogP contribution in [0.2, 0.25) is 0 Å². The predicted octanol–water partition coefficient (Wildman–Crippen LogP) is 2.07. The summed E-state index contributed by atoms with van der Waals surface area (Å²) in [6.45, 7) is 6.40. The van der Waals surface area contributed by atoms with E-state index in [1.807, 2.05) is 12.1 Å². The lowest BCUT2D eigenvalue weighted by Gasteiger charge is -2.04. The van der Waals surface area contributed by atoms with Crippen LogP contribution >= 0.6 is 0 Å². The van der Waals surface area contributed by atoms with E-state index in [1.54, 1.807) is 10.6 Å². The Balaban J connectivity index is 3.21. The van der Waals surface area contributed by atoms with E-state index in [0.29, 0.717) is 18.1 Å². The molecule has 1 aromatic heterocycles. The van der Waals surface area contributed by atoms with Crippen LogP contribution in [0.15, 0.2) is 6.58 Å². The fourth-order valence-electron chi connectivity index (χ4n) is 1.36. The second kappa shape index (κ2) is 4.97. The van der Waals surface area contributed by atoms with E-state index in [9.17, 15) is 0 Å². The van der Waals surface area contributed by atoms with Crippen molar-refractivity contribution in [3.8, 4) is 12.1 Å². The van der Waals surface area contributed by atoms with Crippen molar-refractivity contribution in [3.05, 3.63) is 23.8 Å². The number of nitrogens with zero attached hydrogens (tertiary/aromatic N) is 4. The summed E-state index contributed by atoms with van der Waals surface area (Å²) in [5, 5.41) is 17.7. The highest BCUT2D eigenvalue weighted by Gasteiger charge is 2.13. The van der Waals surface area contributed by atoms with E-state index in [1.165, 1.54) is 0 Å². The smallest absolute Gasteiger partial charge is 0.177 e. The first kappa shape index (κ1) is 11.0. The molecule has 76 valence electrons. The number of hydrogen-bond acceptors (Lipinski definition) is 3. The average Bonchev–Trinajstić information content (AvgIpc) is 2.62. The quantitative estimate of drug-likeness (QED) is 0.747. The molecule has 1 rings (SSSR count). The maximum atomic E-state index is 8.94. The Morgan fingerprint density at radius 1 is 1.47 bits per heavy atom. The fourth-order valence-corrected chi connectivity index (χ4v) is 1.36. The zero-order valence-electron chi connectivity index (χ0n) is 8.69. The molecule has 0 saturated carbocycles. The zero-order chi connectivity index (χ0) is 11.3. The average molecular weight is 200 g/mol. The third-order valence-corrected chi connectivity index (χ3v) is 2.13. The highest BCUT2D eigenvalue weighted by molar-refractivity contribution is 5.47. The van der Waals surface area contributed by atoms with Gasteiger partial charge in [0.15, 0.2) is 11.4 Å². The maximum absolute atomic E-state index is 8.94. The number of nitriles is 2. The van der Waals surface area contributed by atoms with Gasteiger partial charge in [0.05, 0.1) is 0 Å². The monoisotopic (exact) mass is 200 g/mol. The number of hydrogen-bond donors (Lipinski definition) is 0. The van der Waals surface area contributed by atoms with Crippen molar-refractivity contribution in [3.63, 3.8) is 0 Å².